The van der Waals surface area contributed by atoms with Gasteiger partial charge < -0.3 is 5.32 Å². The van der Waals surface area contributed by atoms with E-state index < -0.39 is 0 Å². The van der Waals surface area contributed by atoms with Crippen molar-refractivity contribution in [3.8, 4) is 0 Å². The third kappa shape index (κ3) is 5.49. The lowest BCUT2D eigenvalue weighted by Gasteiger charge is -2.16. The maximum atomic E-state index is 3.55. The number of anilines is 1. The van der Waals surface area contributed by atoms with Gasteiger partial charge in [0, 0.05) is 17.1 Å². The molecular formula is C15H25NS. The third-order valence-corrected chi connectivity index (χ3v) is 3.97. The number of thioether (sulfide) groups is 1. The second-order valence-electron chi connectivity index (χ2n) is 4.53. The van der Waals surface area contributed by atoms with E-state index in [0.717, 1.165) is 12.5 Å². The van der Waals surface area contributed by atoms with Crippen LogP contribution in [0.4, 0.5) is 5.69 Å². The highest BCUT2D eigenvalue weighted by Gasteiger charge is 2.05. The molecule has 0 saturated heterocycles. The molecule has 1 aromatic carbocycles. The quantitative estimate of drug-likeness (QED) is 0.650. The van der Waals surface area contributed by atoms with Crippen molar-refractivity contribution in [2.75, 3.05) is 18.1 Å². The van der Waals surface area contributed by atoms with Crippen LogP contribution >= 0.6 is 11.8 Å². The molecule has 96 valence electrons. The number of unbranched alkanes of at least 4 members (excludes halogenated alkanes) is 1. The summed E-state index contributed by atoms with van der Waals surface area (Å²) in [4.78, 5) is 1.33. The van der Waals surface area contributed by atoms with Gasteiger partial charge in [0.05, 0.1) is 0 Å². The Morgan fingerprint density at radius 3 is 2.41 bits per heavy atom. The number of rotatable bonds is 8. The van der Waals surface area contributed by atoms with Crippen LogP contribution in [0.2, 0.25) is 0 Å². The van der Waals surface area contributed by atoms with Crippen LogP contribution in [0.3, 0.4) is 0 Å². The molecule has 0 aliphatic heterocycles. The van der Waals surface area contributed by atoms with Gasteiger partial charge in [-0.2, -0.15) is 0 Å². The van der Waals surface area contributed by atoms with Crippen molar-refractivity contribution < 1.29 is 0 Å². The van der Waals surface area contributed by atoms with Crippen LogP contribution in [0, 0.1) is 5.92 Å². The second-order valence-corrected chi connectivity index (χ2v) is 5.41. The summed E-state index contributed by atoms with van der Waals surface area (Å²) in [6, 6.07) is 8.72. The summed E-state index contributed by atoms with van der Waals surface area (Å²) in [6.45, 7) is 5.66. The summed E-state index contributed by atoms with van der Waals surface area (Å²) in [5.74, 6) is 0.815. The lowest BCUT2D eigenvalue weighted by Crippen LogP contribution is -2.13. The molecule has 0 spiro atoms. The number of nitrogens with one attached hydrogen (secondary N) is 1. The topological polar surface area (TPSA) is 12.0 Å². The summed E-state index contributed by atoms with van der Waals surface area (Å²) in [7, 11) is 0. The largest absolute Gasteiger partial charge is 0.385 e. The van der Waals surface area contributed by atoms with E-state index in [1.54, 1.807) is 11.8 Å². The van der Waals surface area contributed by atoms with E-state index in [9.17, 15) is 0 Å². The Balaban J connectivity index is 2.36. The van der Waals surface area contributed by atoms with Gasteiger partial charge in [-0.05, 0) is 42.9 Å². The Morgan fingerprint density at radius 2 is 1.88 bits per heavy atom. The monoisotopic (exact) mass is 251 g/mol. The molecular weight excluding hydrogens is 226 g/mol. The van der Waals surface area contributed by atoms with Crippen LogP contribution in [0.25, 0.3) is 0 Å². The molecule has 0 aliphatic rings. The lowest BCUT2D eigenvalue weighted by atomic mass is 9.99. The minimum absolute atomic E-state index is 0.815. The van der Waals surface area contributed by atoms with Gasteiger partial charge in [0.25, 0.3) is 0 Å². The van der Waals surface area contributed by atoms with E-state index in [1.165, 1.54) is 36.3 Å². The Labute approximate surface area is 110 Å². The van der Waals surface area contributed by atoms with Crippen molar-refractivity contribution >= 4 is 17.4 Å². The van der Waals surface area contributed by atoms with Gasteiger partial charge in [-0.25, -0.2) is 0 Å². The summed E-state index contributed by atoms with van der Waals surface area (Å²) in [5.41, 5.74) is 1.25. The van der Waals surface area contributed by atoms with Crippen LogP contribution in [0.5, 0.6) is 0 Å². The molecule has 0 saturated carbocycles. The molecule has 0 fully saturated rings. The Morgan fingerprint density at radius 1 is 1.18 bits per heavy atom. The van der Waals surface area contributed by atoms with E-state index >= 15 is 0 Å². The van der Waals surface area contributed by atoms with Gasteiger partial charge in [-0.3, -0.25) is 0 Å². The summed E-state index contributed by atoms with van der Waals surface area (Å²) in [6.07, 6.45) is 7.39. The number of hydrogen-bond acceptors (Lipinski definition) is 2. The van der Waals surface area contributed by atoms with Crippen LogP contribution in [-0.2, 0) is 0 Å². The summed E-state index contributed by atoms with van der Waals surface area (Å²) in [5, 5.41) is 3.55. The number of benzene rings is 1. The molecule has 1 aromatic rings. The molecule has 0 heterocycles. The van der Waals surface area contributed by atoms with Crippen molar-refractivity contribution in [3.63, 3.8) is 0 Å². The SMILES string of the molecule is CCCCC(CC)CNc1ccc(SC)cc1. The smallest absolute Gasteiger partial charge is 0.0341 e. The third-order valence-electron chi connectivity index (χ3n) is 3.23. The fraction of sp³-hybridized carbons (Fsp3) is 0.600. The molecule has 1 nitrogen and oxygen atoms in total. The van der Waals surface area contributed by atoms with Crippen LogP contribution in [0.15, 0.2) is 29.2 Å². The number of hydrogen-bond donors (Lipinski definition) is 1. The zero-order chi connectivity index (χ0) is 12.5. The van der Waals surface area contributed by atoms with Crippen molar-refractivity contribution in [2.45, 2.75) is 44.4 Å². The van der Waals surface area contributed by atoms with E-state index in [2.05, 4.69) is 49.7 Å². The summed E-state index contributed by atoms with van der Waals surface area (Å²) >= 11 is 1.79. The minimum Gasteiger partial charge on any atom is -0.385 e. The van der Waals surface area contributed by atoms with Gasteiger partial charge in [0.15, 0.2) is 0 Å². The van der Waals surface area contributed by atoms with Crippen molar-refractivity contribution in [1.29, 1.82) is 0 Å². The summed E-state index contributed by atoms with van der Waals surface area (Å²) < 4.78 is 0. The molecule has 0 aliphatic carbocycles. The van der Waals surface area contributed by atoms with Crippen LogP contribution < -0.4 is 5.32 Å². The first-order valence-electron chi connectivity index (χ1n) is 6.68. The Hall–Kier alpha value is -0.630. The van der Waals surface area contributed by atoms with Crippen LogP contribution in [-0.4, -0.2) is 12.8 Å². The fourth-order valence-electron chi connectivity index (χ4n) is 1.91. The van der Waals surface area contributed by atoms with Gasteiger partial charge in [0.2, 0.25) is 0 Å². The van der Waals surface area contributed by atoms with Crippen molar-refractivity contribution in [3.05, 3.63) is 24.3 Å². The Bertz CT molecular complexity index is 294. The average Bonchev–Trinajstić information content (AvgIpc) is 2.39. The molecule has 2 heteroatoms. The molecule has 17 heavy (non-hydrogen) atoms. The highest BCUT2D eigenvalue weighted by Crippen LogP contribution is 2.19. The lowest BCUT2D eigenvalue weighted by molar-refractivity contribution is 0.473. The van der Waals surface area contributed by atoms with Crippen molar-refractivity contribution in [2.24, 2.45) is 5.92 Å². The van der Waals surface area contributed by atoms with E-state index in [-0.39, 0.29) is 0 Å². The van der Waals surface area contributed by atoms with Crippen LogP contribution in [0.1, 0.15) is 39.5 Å². The first kappa shape index (κ1) is 14.4. The molecule has 0 amide bonds. The molecule has 1 atom stereocenters. The zero-order valence-corrected chi connectivity index (χ0v) is 12.1. The highest BCUT2D eigenvalue weighted by atomic mass is 32.2. The molecule has 0 aromatic heterocycles. The maximum Gasteiger partial charge on any atom is 0.0341 e. The van der Waals surface area contributed by atoms with E-state index in [4.69, 9.17) is 0 Å². The molecule has 1 rings (SSSR count). The van der Waals surface area contributed by atoms with Gasteiger partial charge in [0.1, 0.15) is 0 Å². The van der Waals surface area contributed by atoms with Gasteiger partial charge in [-0.15, -0.1) is 11.8 Å². The second kappa shape index (κ2) is 8.46. The van der Waals surface area contributed by atoms with Gasteiger partial charge >= 0.3 is 0 Å². The maximum absolute atomic E-state index is 3.55. The normalized spacial score (nSPS) is 12.4. The highest BCUT2D eigenvalue weighted by molar-refractivity contribution is 7.98. The fourth-order valence-corrected chi connectivity index (χ4v) is 2.32. The standard InChI is InChI=1S/C15H25NS/c1-4-6-7-13(5-2)12-16-14-8-10-15(17-3)11-9-14/h8-11,13,16H,4-7,12H2,1-3H3. The minimum atomic E-state index is 0.815. The zero-order valence-electron chi connectivity index (χ0n) is 11.3. The average molecular weight is 251 g/mol. The molecule has 0 radical (unpaired) electrons. The van der Waals surface area contributed by atoms with E-state index in [1.807, 2.05) is 0 Å². The predicted octanol–water partition coefficient (Wildman–Crippen LogP) is 5.04. The first-order chi connectivity index (χ1) is 8.30. The predicted molar refractivity (Wildman–Crippen MR) is 80.0 cm³/mol. The van der Waals surface area contributed by atoms with Crippen molar-refractivity contribution in [1.82, 2.24) is 0 Å². The molecule has 0 bridgehead atoms. The molecule has 1 unspecified atom stereocenters. The first-order valence-corrected chi connectivity index (χ1v) is 7.90. The Kier molecular flexibility index (Phi) is 7.18. The van der Waals surface area contributed by atoms with E-state index in [0.29, 0.717) is 0 Å². The molecule has 1 N–H and O–H groups in total. The van der Waals surface area contributed by atoms with Gasteiger partial charge in [-0.1, -0.05) is 33.1 Å².